The number of hydrogen-bond acceptors (Lipinski definition) is 6. The summed E-state index contributed by atoms with van der Waals surface area (Å²) in [6.45, 7) is 4.72. The third-order valence-corrected chi connectivity index (χ3v) is 6.46. The van der Waals surface area contributed by atoms with Crippen LogP contribution in [0.4, 0.5) is 4.79 Å². The lowest BCUT2D eigenvalue weighted by molar-refractivity contribution is -0.132. The van der Waals surface area contributed by atoms with Crippen LogP contribution in [-0.4, -0.2) is 75.9 Å². The van der Waals surface area contributed by atoms with Crippen LogP contribution < -0.4 is 14.8 Å². The maximum absolute atomic E-state index is 13.4. The number of urea groups is 1. The van der Waals surface area contributed by atoms with Crippen LogP contribution in [0.25, 0.3) is 0 Å². The second-order valence-corrected chi connectivity index (χ2v) is 9.22. The molecule has 2 aromatic rings. The molecule has 0 saturated carbocycles. The molecule has 0 aliphatic heterocycles. The standard InChI is InChI=1S/C26H39N3O5S/c1-5-6-13-27-26(31)29(14-8-16-32-2)20-25(30)28(19-22-9-7-17-35-22)15-12-21-10-11-23(33-3)24(18-21)34-4/h7,9-11,17-18H,5-6,8,12-16,19-20H2,1-4H3,(H,27,31). The molecule has 0 spiro atoms. The molecule has 3 amide bonds. The van der Waals surface area contributed by atoms with Crippen LogP contribution >= 0.6 is 11.3 Å². The number of benzene rings is 1. The third-order valence-electron chi connectivity index (χ3n) is 5.59. The molecule has 0 aliphatic carbocycles. The van der Waals surface area contributed by atoms with Crippen molar-refractivity contribution < 1.29 is 23.8 Å². The maximum Gasteiger partial charge on any atom is 0.317 e. The van der Waals surface area contributed by atoms with Crippen molar-refractivity contribution in [3.8, 4) is 11.5 Å². The van der Waals surface area contributed by atoms with Crippen molar-refractivity contribution in [3.05, 3.63) is 46.2 Å². The lowest BCUT2D eigenvalue weighted by Gasteiger charge is -2.28. The molecule has 1 heterocycles. The number of nitrogens with zero attached hydrogens (tertiary/aromatic N) is 2. The highest BCUT2D eigenvalue weighted by atomic mass is 32.1. The number of carbonyl (C=O) groups is 2. The summed E-state index contributed by atoms with van der Waals surface area (Å²) in [4.78, 5) is 30.7. The second-order valence-electron chi connectivity index (χ2n) is 8.19. The molecule has 1 aromatic heterocycles. The lowest BCUT2D eigenvalue weighted by Crippen LogP contribution is -2.47. The van der Waals surface area contributed by atoms with Gasteiger partial charge in [-0.3, -0.25) is 4.79 Å². The summed E-state index contributed by atoms with van der Waals surface area (Å²) in [5, 5.41) is 4.94. The van der Waals surface area contributed by atoms with E-state index in [9.17, 15) is 9.59 Å². The Labute approximate surface area is 213 Å². The predicted molar refractivity (Wildman–Crippen MR) is 139 cm³/mol. The minimum atomic E-state index is -0.209. The van der Waals surface area contributed by atoms with Crippen LogP contribution in [-0.2, 0) is 22.5 Å². The zero-order valence-corrected chi connectivity index (χ0v) is 22.2. The number of hydrogen-bond donors (Lipinski definition) is 1. The molecule has 1 N–H and O–H groups in total. The Hall–Kier alpha value is -2.78. The fourth-order valence-electron chi connectivity index (χ4n) is 3.58. The molecule has 8 nitrogen and oxygen atoms in total. The Balaban J connectivity index is 2.11. The number of amides is 3. The Kier molecular flexibility index (Phi) is 13.0. The monoisotopic (exact) mass is 505 g/mol. The van der Waals surface area contributed by atoms with Gasteiger partial charge >= 0.3 is 6.03 Å². The molecule has 0 fully saturated rings. The van der Waals surface area contributed by atoms with E-state index in [4.69, 9.17) is 14.2 Å². The van der Waals surface area contributed by atoms with Crippen molar-refractivity contribution in [2.75, 3.05) is 54.1 Å². The minimum Gasteiger partial charge on any atom is -0.493 e. The lowest BCUT2D eigenvalue weighted by atomic mass is 10.1. The zero-order chi connectivity index (χ0) is 25.5. The fourth-order valence-corrected chi connectivity index (χ4v) is 4.30. The van der Waals surface area contributed by atoms with E-state index >= 15 is 0 Å². The first-order valence-electron chi connectivity index (χ1n) is 12.0. The van der Waals surface area contributed by atoms with Gasteiger partial charge < -0.3 is 29.3 Å². The van der Waals surface area contributed by atoms with Crippen LogP contribution in [0.5, 0.6) is 11.5 Å². The summed E-state index contributed by atoms with van der Waals surface area (Å²) in [5.74, 6) is 1.25. The van der Waals surface area contributed by atoms with Gasteiger partial charge in [0.2, 0.25) is 5.91 Å². The first kappa shape index (κ1) is 28.5. The number of unbranched alkanes of at least 4 members (excludes halogenated alkanes) is 1. The average molecular weight is 506 g/mol. The van der Waals surface area contributed by atoms with E-state index in [0.29, 0.717) is 57.1 Å². The van der Waals surface area contributed by atoms with E-state index in [1.165, 1.54) is 0 Å². The topological polar surface area (TPSA) is 80.3 Å². The normalized spacial score (nSPS) is 10.6. The van der Waals surface area contributed by atoms with Gasteiger partial charge in [0.15, 0.2) is 11.5 Å². The zero-order valence-electron chi connectivity index (χ0n) is 21.4. The first-order valence-corrected chi connectivity index (χ1v) is 12.9. The van der Waals surface area contributed by atoms with Crippen molar-refractivity contribution in [2.45, 2.75) is 39.2 Å². The van der Waals surface area contributed by atoms with E-state index in [1.54, 1.807) is 37.6 Å². The van der Waals surface area contributed by atoms with Crippen molar-refractivity contribution in [3.63, 3.8) is 0 Å². The van der Waals surface area contributed by atoms with Gasteiger partial charge in [0.1, 0.15) is 6.54 Å². The van der Waals surface area contributed by atoms with E-state index in [1.807, 2.05) is 40.6 Å². The van der Waals surface area contributed by atoms with Crippen molar-refractivity contribution in [1.82, 2.24) is 15.1 Å². The number of nitrogens with one attached hydrogen (secondary N) is 1. The van der Waals surface area contributed by atoms with Crippen molar-refractivity contribution in [1.29, 1.82) is 0 Å². The summed E-state index contributed by atoms with van der Waals surface area (Å²) >= 11 is 1.62. The molecule has 2 rings (SSSR count). The first-order chi connectivity index (χ1) is 17.0. The highest BCUT2D eigenvalue weighted by Crippen LogP contribution is 2.28. The van der Waals surface area contributed by atoms with E-state index in [0.717, 1.165) is 23.3 Å². The van der Waals surface area contributed by atoms with E-state index in [-0.39, 0.29) is 18.5 Å². The average Bonchev–Trinajstić information content (AvgIpc) is 3.39. The molecule has 0 atom stereocenters. The van der Waals surface area contributed by atoms with Gasteiger partial charge in [0, 0.05) is 38.2 Å². The number of carbonyl (C=O) groups excluding carboxylic acids is 2. The van der Waals surface area contributed by atoms with Crippen LogP contribution in [0.15, 0.2) is 35.7 Å². The molecule has 9 heteroatoms. The summed E-state index contributed by atoms with van der Waals surface area (Å²) in [5.41, 5.74) is 1.04. The maximum atomic E-state index is 13.4. The molecule has 0 aliphatic rings. The highest BCUT2D eigenvalue weighted by molar-refractivity contribution is 7.09. The second kappa shape index (κ2) is 16.0. The molecule has 0 saturated heterocycles. The number of thiophene rings is 1. The predicted octanol–water partition coefficient (Wildman–Crippen LogP) is 4.18. The molecular weight excluding hydrogens is 466 g/mol. The van der Waals surface area contributed by atoms with Gasteiger partial charge in [0.25, 0.3) is 0 Å². The van der Waals surface area contributed by atoms with Crippen LogP contribution in [0.1, 0.15) is 36.6 Å². The van der Waals surface area contributed by atoms with Crippen LogP contribution in [0, 0.1) is 0 Å². The van der Waals surface area contributed by atoms with Crippen molar-refractivity contribution in [2.24, 2.45) is 0 Å². The van der Waals surface area contributed by atoms with Crippen LogP contribution in [0.2, 0.25) is 0 Å². The molecule has 0 bridgehead atoms. The van der Waals surface area contributed by atoms with Gasteiger partial charge in [-0.2, -0.15) is 0 Å². The molecule has 1 aromatic carbocycles. The summed E-state index contributed by atoms with van der Waals surface area (Å²) in [6.07, 6.45) is 3.22. The van der Waals surface area contributed by atoms with E-state index < -0.39 is 0 Å². The summed E-state index contributed by atoms with van der Waals surface area (Å²) in [6, 6.07) is 9.58. The summed E-state index contributed by atoms with van der Waals surface area (Å²) < 4.78 is 15.9. The highest BCUT2D eigenvalue weighted by Gasteiger charge is 2.22. The Morgan fingerprint density at radius 1 is 1.00 bits per heavy atom. The summed E-state index contributed by atoms with van der Waals surface area (Å²) in [7, 11) is 4.85. The Morgan fingerprint density at radius 2 is 1.80 bits per heavy atom. The van der Waals surface area contributed by atoms with Gasteiger partial charge in [-0.05, 0) is 48.4 Å². The number of rotatable bonds is 16. The smallest absolute Gasteiger partial charge is 0.317 e. The van der Waals surface area contributed by atoms with Gasteiger partial charge in [-0.15, -0.1) is 11.3 Å². The van der Waals surface area contributed by atoms with Crippen molar-refractivity contribution >= 4 is 23.3 Å². The minimum absolute atomic E-state index is 0.0268. The number of ether oxygens (including phenoxy) is 3. The SMILES string of the molecule is CCCCNC(=O)N(CCCOC)CC(=O)N(CCc1ccc(OC)c(OC)c1)Cc1cccs1. The Bertz CT molecular complexity index is 891. The van der Waals surface area contributed by atoms with Gasteiger partial charge in [-0.1, -0.05) is 25.5 Å². The molecule has 194 valence electrons. The third kappa shape index (κ3) is 9.78. The van der Waals surface area contributed by atoms with Crippen LogP contribution in [0.3, 0.4) is 0 Å². The molecule has 35 heavy (non-hydrogen) atoms. The largest absolute Gasteiger partial charge is 0.493 e. The fraction of sp³-hybridized carbons (Fsp3) is 0.538. The molecule has 0 unspecified atom stereocenters. The van der Waals surface area contributed by atoms with Gasteiger partial charge in [-0.25, -0.2) is 4.79 Å². The molecular formula is C26H39N3O5S. The Morgan fingerprint density at radius 3 is 2.46 bits per heavy atom. The van der Waals surface area contributed by atoms with E-state index in [2.05, 4.69) is 12.2 Å². The number of methoxy groups -OCH3 is 3. The van der Waals surface area contributed by atoms with Gasteiger partial charge in [0.05, 0.1) is 20.8 Å². The quantitative estimate of drug-likeness (QED) is 0.346. The molecule has 0 radical (unpaired) electrons.